The summed E-state index contributed by atoms with van der Waals surface area (Å²) in [4.78, 5) is 0. The van der Waals surface area contributed by atoms with Crippen molar-refractivity contribution in [3.05, 3.63) is 0 Å². The predicted molar refractivity (Wildman–Crippen MR) is 32.2 cm³/mol. The summed E-state index contributed by atoms with van der Waals surface area (Å²) in [7, 11) is 0. The molecule has 0 aromatic carbocycles. The maximum Gasteiger partial charge on any atom is 0.0136 e. The van der Waals surface area contributed by atoms with Gasteiger partial charge in [-0.1, -0.05) is 6.92 Å². The third-order valence-electron chi connectivity index (χ3n) is 0.716. The maximum absolute atomic E-state index is 5.42. The standard InChI is InChI=1S/C5H14N2/c1-3-7-4-5(2)6/h5,7H,3-4,6H2,1-2H3/t5-/m0/s1. The van der Waals surface area contributed by atoms with E-state index in [1.807, 2.05) is 6.92 Å². The molecule has 1 atom stereocenters. The van der Waals surface area contributed by atoms with Crippen LogP contribution >= 0.6 is 0 Å². The molecule has 0 aliphatic rings. The summed E-state index contributed by atoms with van der Waals surface area (Å²) in [6, 6.07) is 0.292. The quantitative estimate of drug-likeness (QED) is 0.524. The molecule has 0 bridgehead atoms. The first-order chi connectivity index (χ1) is 3.27. The molecule has 0 aliphatic carbocycles. The average Bonchev–Trinajstić information content (AvgIpc) is 1.61. The molecule has 0 aromatic rings. The second-order valence-corrected chi connectivity index (χ2v) is 1.78. The van der Waals surface area contributed by atoms with Gasteiger partial charge in [0.05, 0.1) is 0 Å². The number of likely N-dealkylation sites (N-methyl/N-ethyl adjacent to an activating group) is 1. The number of rotatable bonds is 3. The molecule has 0 rings (SSSR count). The average molecular weight is 102 g/mol. The fourth-order valence-corrected chi connectivity index (χ4v) is 0.372. The minimum absolute atomic E-state index is 0.292. The highest BCUT2D eigenvalue weighted by atomic mass is 14.9. The van der Waals surface area contributed by atoms with Crippen LogP contribution in [0.3, 0.4) is 0 Å². The molecule has 0 aromatic heterocycles. The molecule has 7 heavy (non-hydrogen) atoms. The second kappa shape index (κ2) is 4.09. The Bertz CT molecular complexity index is 35.1. The Balaban J connectivity index is 2.68. The molecule has 44 valence electrons. The van der Waals surface area contributed by atoms with Gasteiger partial charge in [0.15, 0.2) is 0 Å². The molecule has 0 heterocycles. The van der Waals surface area contributed by atoms with Crippen LogP contribution in [0.25, 0.3) is 0 Å². The van der Waals surface area contributed by atoms with E-state index < -0.39 is 0 Å². The van der Waals surface area contributed by atoms with Crippen LogP contribution in [0.4, 0.5) is 0 Å². The molecular weight excluding hydrogens is 88.1 g/mol. The summed E-state index contributed by atoms with van der Waals surface area (Å²) in [6.07, 6.45) is 0. The van der Waals surface area contributed by atoms with Gasteiger partial charge >= 0.3 is 0 Å². The van der Waals surface area contributed by atoms with Crippen LogP contribution in [0, 0.1) is 0 Å². The Labute approximate surface area is 45.1 Å². The van der Waals surface area contributed by atoms with E-state index in [0.717, 1.165) is 13.1 Å². The Morgan fingerprint density at radius 2 is 2.29 bits per heavy atom. The monoisotopic (exact) mass is 102 g/mol. The molecule has 2 nitrogen and oxygen atoms in total. The van der Waals surface area contributed by atoms with Gasteiger partial charge in [0, 0.05) is 12.6 Å². The third-order valence-corrected chi connectivity index (χ3v) is 0.716. The Kier molecular flexibility index (Phi) is 4.04. The minimum Gasteiger partial charge on any atom is -0.327 e. The molecule has 2 heteroatoms. The van der Waals surface area contributed by atoms with Gasteiger partial charge in [0.2, 0.25) is 0 Å². The van der Waals surface area contributed by atoms with Gasteiger partial charge in [-0.2, -0.15) is 0 Å². The Morgan fingerprint density at radius 1 is 1.71 bits per heavy atom. The molecule has 0 fully saturated rings. The van der Waals surface area contributed by atoms with Gasteiger partial charge in [-0.3, -0.25) is 0 Å². The molecule has 0 saturated carbocycles. The van der Waals surface area contributed by atoms with Crippen molar-refractivity contribution in [2.45, 2.75) is 19.9 Å². The van der Waals surface area contributed by atoms with E-state index in [9.17, 15) is 0 Å². The summed E-state index contributed by atoms with van der Waals surface area (Å²) < 4.78 is 0. The lowest BCUT2D eigenvalue weighted by Crippen LogP contribution is -2.30. The molecule has 0 radical (unpaired) electrons. The van der Waals surface area contributed by atoms with Gasteiger partial charge in [-0.05, 0) is 13.5 Å². The van der Waals surface area contributed by atoms with E-state index in [-0.39, 0.29) is 0 Å². The molecule has 0 spiro atoms. The lowest BCUT2D eigenvalue weighted by atomic mass is 10.4. The summed E-state index contributed by atoms with van der Waals surface area (Å²) in [5.41, 5.74) is 5.42. The Hall–Kier alpha value is -0.0800. The van der Waals surface area contributed by atoms with E-state index in [0.29, 0.717) is 6.04 Å². The highest BCUT2D eigenvalue weighted by Crippen LogP contribution is 1.66. The zero-order valence-electron chi connectivity index (χ0n) is 5.07. The highest BCUT2D eigenvalue weighted by Gasteiger charge is 1.86. The van der Waals surface area contributed by atoms with Crippen LogP contribution < -0.4 is 11.1 Å². The lowest BCUT2D eigenvalue weighted by Gasteiger charge is -2.02. The van der Waals surface area contributed by atoms with Gasteiger partial charge in [0.25, 0.3) is 0 Å². The zero-order valence-corrected chi connectivity index (χ0v) is 5.07. The van der Waals surface area contributed by atoms with Crippen molar-refractivity contribution in [2.24, 2.45) is 5.73 Å². The van der Waals surface area contributed by atoms with Crippen LogP contribution in [0.1, 0.15) is 13.8 Å². The first-order valence-electron chi connectivity index (χ1n) is 2.73. The van der Waals surface area contributed by atoms with E-state index in [1.54, 1.807) is 0 Å². The van der Waals surface area contributed by atoms with Crippen molar-refractivity contribution >= 4 is 0 Å². The maximum atomic E-state index is 5.42. The van der Waals surface area contributed by atoms with Crippen LogP contribution in [-0.2, 0) is 0 Å². The normalized spacial score (nSPS) is 14.1. The molecule has 3 N–H and O–H groups in total. The molecule has 0 aliphatic heterocycles. The fraction of sp³-hybridized carbons (Fsp3) is 1.00. The van der Waals surface area contributed by atoms with E-state index in [2.05, 4.69) is 12.2 Å². The molecular formula is C5H14N2. The van der Waals surface area contributed by atoms with Gasteiger partial charge in [0.1, 0.15) is 0 Å². The molecule has 0 unspecified atom stereocenters. The van der Waals surface area contributed by atoms with Gasteiger partial charge < -0.3 is 11.1 Å². The highest BCUT2D eigenvalue weighted by molar-refractivity contribution is 4.54. The number of hydrogen-bond acceptors (Lipinski definition) is 2. The predicted octanol–water partition coefficient (Wildman–Crippen LogP) is -0.0569. The number of hydrogen-bond donors (Lipinski definition) is 2. The van der Waals surface area contributed by atoms with Crippen molar-refractivity contribution in [3.8, 4) is 0 Å². The lowest BCUT2D eigenvalue weighted by molar-refractivity contribution is 0.627. The third kappa shape index (κ3) is 5.92. The first kappa shape index (κ1) is 6.92. The summed E-state index contributed by atoms with van der Waals surface area (Å²) >= 11 is 0. The molecule has 0 saturated heterocycles. The van der Waals surface area contributed by atoms with Crippen molar-refractivity contribution in [2.75, 3.05) is 13.1 Å². The number of nitrogens with one attached hydrogen (secondary N) is 1. The second-order valence-electron chi connectivity index (χ2n) is 1.78. The summed E-state index contributed by atoms with van der Waals surface area (Å²) in [5, 5.41) is 3.12. The molecule has 0 amide bonds. The van der Waals surface area contributed by atoms with Crippen molar-refractivity contribution < 1.29 is 0 Å². The van der Waals surface area contributed by atoms with Gasteiger partial charge in [-0.15, -0.1) is 0 Å². The largest absolute Gasteiger partial charge is 0.327 e. The zero-order chi connectivity index (χ0) is 5.70. The van der Waals surface area contributed by atoms with E-state index >= 15 is 0 Å². The fourth-order valence-electron chi connectivity index (χ4n) is 0.372. The van der Waals surface area contributed by atoms with Crippen LogP contribution in [0.5, 0.6) is 0 Å². The van der Waals surface area contributed by atoms with Crippen LogP contribution in [0.2, 0.25) is 0 Å². The SMILES string of the molecule is CCNC[C@H](C)N. The first-order valence-corrected chi connectivity index (χ1v) is 2.73. The smallest absolute Gasteiger partial charge is 0.0136 e. The minimum atomic E-state index is 0.292. The topological polar surface area (TPSA) is 38.0 Å². The number of nitrogens with two attached hydrogens (primary N) is 1. The van der Waals surface area contributed by atoms with E-state index in [1.165, 1.54) is 0 Å². The summed E-state index contributed by atoms with van der Waals surface area (Å²) in [5.74, 6) is 0. The van der Waals surface area contributed by atoms with Crippen molar-refractivity contribution in [1.29, 1.82) is 0 Å². The summed E-state index contributed by atoms with van der Waals surface area (Å²) in [6.45, 7) is 6.00. The van der Waals surface area contributed by atoms with Crippen molar-refractivity contribution in [1.82, 2.24) is 5.32 Å². The Morgan fingerprint density at radius 3 is 2.43 bits per heavy atom. The van der Waals surface area contributed by atoms with E-state index in [4.69, 9.17) is 5.73 Å². The van der Waals surface area contributed by atoms with Crippen LogP contribution in [0.15, 0.2) is 0 Å². The van der Waals surface area contributed by atoms with Crippen molar-refractivity contribution in [3.63, 3.8) is 0 Å². The van der Waals surface area contributed by atoms with Crippen LogP contribution in [-0.4, -0.2) is 19.1 Å². The van der Waals surface area contributed by atoms with Gasteiger partial charge in [-0.25, -0.2) is 0 Å².